The number of benzene rings is 3. The molecule has 1 nitrogen and oxygen atoms in total. The summed E-state index contributed by atoms with van der Waals surface area (Å²) in [6, 6.07) is 28.9. The first-order valence-electron chi connectivity index (χ1n) is 8.20. The summed E-state index contributed by atoms with van der Waals surface area (Å²) in [5, 5.41) is 0. The maximum atomic E-state index is 5.65. The Kier molecular flexibility index (Phi) is 5.85. The molecule has 0 radical (unpaired) electrons. The molecule has 0 spiro atoms. The third-order valence-electron chi connectivity index (χ3n) is 3.93. The topological polar surface area (TPSA) is 12.4 Å². The van der Waals surface area contributed by atoms with E-state index in [1.165, 1.54) is 14.6 Å². The van der Waals surface area contributed by atoms with E-state index in [1.807, 2.05) is 36.4 Å². The van der Waals surface area contributed by atoms with E-state index in [0.29, 0.717) is 0 Å². The van der Waals surface area contributed by atoms with Gasteiger partial charge in [-0.1, -0.05) is 0 Å². The van der Waals surface area contributed by atoms with Crippen LogP contribution < -0.4 is 4.46 Å². The Morgan fingerprint density at radius 2 is 1.48 bits per heavy atom. The second-order valence-corrected chi connectivity index (χ2v) is 7.95. The molecule has 2 heteroatoms. The van der Waals surface area contributed by atoms with Gasteiger partial charge >= 0.3 is 156 Å². The molecule has 3 aromatic rings. The third kappa shape index (κ3) is 4.48. The van der Waals surface area contributed by atoms with Crippen LogP contribution in [0.25, 0.3) is 0 Å². The maximum absolute atomic E-state index is 5.65. The number of para-hydroxylation sites is 1. The van der Waals surface area contributed by atoms with Gasteiger partial charge in [0.05, 0.1) is 0 Å². The van der Waals surface area contributed by atoms with Crippen molar-refractivity contribution >= 4 is 29.7 Å². The van der Waals surface area contributed by atoms with E-state index in [9.17, 15) is 0 Å². The van der Waals surface area contributed by atoms with Crippen LogP contribution in [-0.2, 0) is 0 Å². The summed E-state index contributed by atoms with van der Waals surface area (Å²) >= 11 is 0.137. The van der Waals surface area contributed by atoms with Gasteiger partial charge in [0.1, 0.15) is 0 Å². The Morgan fingerprint density at radius 3 is 2.16 bits per heavy atom. The molecular weight excluding hydrogens is 369 g/mol. The predicted octanol–water partition coefficient (Wildman–Crippen LogP) is 4.53. The molecule has 0 fully saturated rings. The molecule has 1 atom stereocenters. The average molecular weight is 388 g/mol. The fourth-order valence-corrected chi connectivity index (χ4v) is 4.59. The average Bonchev–Trinajstić information content (AvgIpc) is 2.69. The molecule has 0 saturated carbocycles. The first-order valence-corrected chi connectivity index (χ1v) is 9.91. The SMILES string of the molecule is C#Cc1ccccc1N=C([Se]c1ccccc1)C(C)c1ccccc1. The van der Waals surface area contributed by atoms with Gasteiger partial charge in [0.25, 0.3) is 0 Å². The summed E-state index contributed by atoms with van der Waals surface area (Å²) in [5.74, 6) is 2.99. The van der Waals surface area contributed by atoms with Gasteiger partial charge in [0, 0.05) is 0 Å². The Morgan fingerprint density at radius 1 is 0.880 bits per heavy atom. The molecule has 0 aromatic heterocycles. The van der Waals surface area contributed by atoms with Crippen molar-refractivity contribution in [1.82, 2.24) is 0 Å². The zero-order valence-electron chi connectivity index (χ0n) is 14.1. The van der Waals surface area contributed by atoms with E-state index in [0.717, 1.165) is 11.3 Å². The molecule has 0 N–H and O–H groups in total. The minimum absolute atomic E-state index is 0.137. The van der Waals surface area contributed by atoms with Crippen molar-refractivity contribution in [3.05, 3.63) is 96.1 Å². The molecule has 1 unspecified atom stereocenters. The molecular formula is C23H19NSe. The molecule has 3 rings (SSSR count). The van der Waals surface area contributed by atoms with Crippen molar-refractivity contribution in [2.24, 2.45) is 4.99 Å². The van der Waals surface area contributed by atoms with Gasteiger partial charge in [-0.25, -0.2) is 0 Å². The van der Waals surface area contributed by atoms with E-state index in [4.69, 9.17) is 11.4 Å². The normalized spacial score (nSPS) is 12.4. The van der Waals surface area contributed by atoms with Crippen molar-refractivity contribution in [3.8, 4) is 12.3 Å². The van der Waals surface area contributed by atoms with Gasteiger partial charge in [0.15, 0.2) is 0 Å². The van der Waals surface area contributed by atoms with Crippen LogP contribution in [0.3, 0.4) is 0 Å². The number of aliphatic imine (C=N–C) groups is 1. The van der Waals surface area contributed by atoms with Crippen LogP contribution >= 0.6 is 0 Å². The standard InChI is InChI=1S/C23H19NSe/c1-3-19-12-10-11-17-22(19)24-23(25-21-15-8-5-9-16-21)18(2)20-13-6-4-7-14-20/h1,4-18H,2H3. The van der Waals surface area contributed by atoms with E-state index in [2.05, 4.69) is 61.4 Å². The van der Waals surface area contributed by atoms with Crippen LogP contribution in [0.15, 0.2) is 89.9 Å². The first kappa shape index (κ1) is 17.2. The molecule has 25 heavy (non-hydrogen) atoms. The van der Waals surface area contributed by atoms with Crippen LogP contribution in [-0.4, -0.2) is 19.6 Å². The fourth-order valence-electron chi connectivity index (χ4n) is 2.51. The monoisotopic (exact) mass is 389 g/mol. The number of terminal acetylenes is 1. The van der Waals surface area contributed by atoms with Gasteiger partial charge < -0.3 is 0 Å². The van der Waals surface area contributed by atoms with Crippen molar-refractivity contribution in [2.75, 3.05) is 0 Å². The van der Waals surface area contributed by atoms with E-state index < -0.39 is 0 Å². The zero-order valence-corrected chi connectivity index (χ0v) is 15.8. The van der Waals surface area contributed by atoms with Gasteiger partial charge in [-0.15, -0.1) is 0 Å². The van der Waals surface area contributed by atoms with Crippen LogP contribution in [0.1, 0.15) is 24.0 Å². The summed E-state index contributed by atoms with van der Waals surface area (Å²) in [5.41, 5.74) is 2.99. The Bertz CT molecular complexity index is 892. The van der Waals surface area contributed by atoms with E-state index >= 15 is 0 Å². The first-order chi connectivity index (χ1) is 12.3. The summed E-state index contributed by atoms with van der Waals surface area (Å²) in [6.07, 6.45) is 5.65. The molecule has 0 aliphatic heterocycles. The third-order valence-corrected chi connectivity index (χ3v) is 6.36. The molecule has 122 valence electrons. The zero-order chi connectivity index (χ0) is 17.5. The Hall–Kier alpha value is -2.59. The fraction of sp³-hybridized carbons (Fsp3) is 0.0870. The number of hydrogen-bond acceptors (Lipinski definition) is 1. The van der Waals surface area contributed by atoms with Gasteiger partial charge in [0.2, 0.25) is 0 Å². The van der Waals surface area contributed by atoms with E-state index in [-0.39, 0.29) is 20.9 Å². The Balaban J connectivity index is 2.02. The molecule has 0 aliphatic carbocycles. The van der Waals surface area contributed by atoms with Crippen LogP contribution in [0, 0.1) is 12.3 Å². The minimum atomic E-state index is 0.137. The second kappa shape index (κ2) is 8.49. The van der Waals surface area contributed by atoms with Crippen molar-refractivity contribution in [1.29, 1.82) is 0 Å². The van der Waals surface area contributed by atoms with Crippen LogP contribution in [0.2, 0.25) is 0 Å². The molecule has 0 saturated heterocycles. The van der Waals surface area contributed by atoms with Crippen molar-refractivity contribution < 1.29 is 0 Å². The number of nitrogens with zero attached hydrogens (tertiary/aromatic N) is 1. The quantitative estimate of drug-likeness (QED) is 0.346. The summed E-state index contributed by atoms with van der Waals surface area (Å²) in [4.78, 5) is 5.00. The van der Waals surface area contributed by atoms with E-state index in [1.54, 1.807) is 0 Å². The number of rotatable bonds is 5. The molecule has 0 amide bonds. The number of hydrogen-bond donors (Lipinski definition) is 0. The molecule has 0 aliphatic rings. The van der Waals surface area contributed by atoms with Gasteiger partial charge in [-0.05, 0) is 0 Å². The summed E-state index contributed by atoms with van der Waals surface area (Å²) in [7, 11) is 0. The predicted molar refractivity (Wildman–Crippen MR) is 108 cm³/mol. The second-order valence-electron chi connectivity index (χ2n) is 5.66. The molecule has 0 bridgehead atoms. The van der Waals surface area contributed by atoms with Crippen molar-refractivity contribution in [2.45, 2.75) is 12.8 Å². The van der Waals surface area contributed by atoms with Crippen molar-refractivity contribution in [3.63, 3.8) is 0 Å². The Labute approximate surface area is 156 Å². The van der Waals surface area contributed by atoms with Gasteiger partial charge in [-0.2, -0.15) is 0 Å². The summed E-state index contributed by atoms with van der Waals surface area (Å²) in [6.45, 7) is 2.22. The van der Waals surface area contributed by atoms with Crippen LogP contribution in [0.4, 0.5) is 5.69 Å². The van der Waals surface area contributed by atoms with Gasteiger partial charge in [-0.3, -0.25) is 0 Å². The molecule has 0 heterocycles. The van der Waals surface area contributed by atoms with Crippen LogP contribution in [0.5, 0.6) is 0 Å². The molecule has 3 aromatic carbocycles. The summed E-state index contributed by atoms with van der Waals surface area (Å²) < 4.78 is 2.49.